The Morgan fingerprint density at radius 1 is 1.07 bits per heavy atom. The Labute approximate surface area is 184 Å². The molecule has 0 saturated carbocycles. The lowest BCUT2D eigenvalue weighted by atomic mass is 9.97. The number of halogens is 1. The molecule has 6 nitrogen and oxygen atoms in total. The number of nitrogens with one attached hydrogen (secondary N) is 1. The van der Waals surface area contributed by atoms with E-state index in [0.29, 0.717) is 11.3 Å². The number of carbonyl (C=O) groups is 1. The average molecular weight is 489 g/mol. The van der Waals surface area contributed by atoms with Crippen molar-refractivity contribution in [1.82, 2.24) is 0 Å². The molecule has 8 heteroatoms. The molecule has 0 saturated heterocycles. The molecule has 156 valence electrons. The van der Waals surface area contributed by atoms with E-state index in [-0.39, 0.29) is 11.4 Å². The number of rotatable bonds is 8. The van der Waals surface area contributed by atoms with Gasteiger partial charge in [-0.15, -0.1) is 0 Å². The first-order chi connectivity index (χ1) is 14.3. The van der Waals surface area contributed by atoms with Gasteiger partial charge in [-0.25, -0.2) is 8.42 Å². The summed E-state index contributed by atoms with van der Waals surface area (Å²) in [5.41, 5.74) is 2.81. The van der Waals surface area contributed by atoms with Crippen molar-refractivity contribution in [2.45, 2.75) is 17.9 Å². The summed E-state index contributed by atoms with van der Waals surface area (Å²) in [6.45, 7) is 1.62. The van der Waals surface area contributed by atoms with Crippen LogP contribution in [-0.2, 0) is 14.8 Å². The molecule has 0 unspecified atom stereocenters. The number of aryl methyl sites for hydroxylation is 1. The minimum atomic E-state index is -3.82. The van der Waals surface area contributed by atoms with Gasteiger partial charge >= 0.3 is 0 Å². The lowest BCUT2D eigenvalue weighted by molar-refractivity contribution is -0.682. The molecule has 0 heterocycles. The second-order valence-electron chi connectivity index (χ2n) is 6.85. The fraction of sp³-hybridized carbons (Fsp3) is 0.136. The molecule has 0 fully saturated rings. The zero-order chi connectivity index (χ0) is 21.7. The number of carboxylic acids is 1. The number of hydrogen-bond donors (Lipinski definition) is 2. The molecule has 0 bridgehead atoms. The summed E-state index contributed by atoms with van der Waals surface area (Å²) in [5.74, 6) is -1.20. The van der Waals surface area contributed by atoms with Gasteiger partial charge in [0.1, 0.15) is 12.6 Å². The topological polar surface area (TPSA) is 103 Å². The van der Waals surface area contributed by atoms with Crippen LogP contribution in [0.4, 0.5) is 5.69 Å². The summed E-state index contributed by atoms with van der Waals surface area (Å²) >= 11 is 3.43. The van der Waals surface area contributed by atoms with E-state index >= 15 is 0 Å². The maximum atomic E-state index is 12.9. The molecule has 3 aromatic rings. The lowest BCUT2D eigenvalue weighted by Crippen LogP contribution is -2.88. The molecule has 0 amide bonds. The SMILES string of the molecule is Cc1ccc(S(=O)(=O)Nc2ccc(Br)cc2[C@@H]([NH2+]CC(=O)[O-])c2ccccc2)cc1. The molecule has 0 aromatic heterocycles. The summed E-state index contributed by atoms with van der Waals surface area (Å²) in [4.78, 5) is 11.2. The number of nitrogens with two attached hydrogens (primary N) is 1. The van der Waals surface area contributed by atoms with Crippen molar-refractivity contribution in [3.63, 3.8) is 0 Å². The van der Waals surface area contributed by atoms with Gasteiger partial charge in [-0.05, 0) is 37.3 Å². The Balaban J connectivity index is 2.04. The quantitative estimate of drug-likeness (QED) is 0.505. The highest BCUT2D eigenvalue weighted by Gasteiger charge is 2.24. The van der Waals surface area contributed by atoms with E-state index < -0.39 is 22.0 Å². The summed E-state index contributed by atoms with van der Waals surface area (Å²) in [6.07, 6.45) is 0. The number of anilines is 1. The van der Waals surface area contributed by atoms with E-state index in [0.717, 1.165) is 15.6 Å². The highest BCUT2D eigenvalue weighted by atomic mass is 79.9. The molecule has 0 spiro atoms. The van der Waals surface area contributed by atoms with Crippen LogP contribution in [-0.4, -0.2) is 20.9 Å². The van der Waals surface area contributed by atoms with Crippen LogP contribution >= 0.6 is 15.9 Å². The predicted molar refractivity (Wildman–Crippen MR) is 116 cm³/mol. The first-order valence-corrected chi connectivity index (χ1v) is 11.5. The highest BCUT2D eigenvalue weighted by Crippen LogP contribution is 2.30. The maximum Gasteiger partial charge on any atom is 0.261 e. The number of benzene rings is 3. The van der Waals surface area contributed by atoms with Crippen molar-refractivity contribution in [3.8, 4) is 0 Å². The van der Waals surface area contributed by atoms with Crippen LogP contribution in [0.5, 0.6) is 0 Å². The van der Waals surface area contributed by atoms with E-state index in [1.54, 1.807) is 47.8 Å². The van der Waals surface area contributed by atoms with Crippen molar-refractivity contribution in [2.75, 3.05) is 11.3 Å². The molecule has 3 rings (SSSR count). The molecular formula is C22H21BrN2O4S. The number of quaternary nitrogens is 1. The van der Waals surface area contributed by atoms with Crippen molar-refractivity contribution >= 4 is 37.6 Å². The van der Waals surface area contributed by atoms with E-state index in [9.17, 15) is 18.3 Å². The van der Waals surface area contributed by atoms with Crippen molar-refractivity contribution < 1.29 is 23.6 Å². The minimum Gasteiger partial charge on any atom is -0.544 e. The number of hydrogen-bond acceptors (Lipinski definition) is 4. The van der Waals surface area contributed by atoms with Gasteiger partial charge in [-0.1, -0.05) is 64.0 Å². The van der Waals surface area contributed by atoms with Crippen LogP contribution in [0.3, 0.4) is 0 Å². The van der Waals surface area contributed by atoms with Crippen LogP contribution in [0.25, 0.3) is 0 Å². The third kappa shape index (κ3) is 5.47. The monoisotopic (exact) mass is 488 g/mol. The third-order valence-electron chi connectivity index (χ3n) is 4.60. The van der Waals surface area contributed by atoms with E-state index in [2.05, 4.69) is 20.7 Å². The van der Waals surface area contributed by atoms with E-state index in [4.69, 9.17) is 0 Å². The standard InChI is InChI=1S/C22H21BrN2O4S/c1-15-7-10-18(11-8-15)30(28,29)25-20-12-9-17(23)13-19(20)22(24-14-21(26)27)16-5-3-2-4-6-16/h2-13,22,24-25H,14H2,1H3,(H,26,27)/t22-/m0/s1. The smallest absolute Gasteiger partial charge is 0.261 e. The van der Waals surface area contributed by atoms with Gasteiger partial charge in [0.05, 0.1) is 16.6 Å². The van der Waals surface area contributed by atoms with Gasteiger partial charge in [0.2, 0.25) is 0 Å². The fourth-order valence-electron chi connectivity index (χ4n) is 3.12. The molecule has 3 aromatic carbocycles. The van der Waals surface area contributed by atoms with Gasteiger partial charge in [0.15, 0.2) is 0 Å². The first kappa shape index (κ1) is 22.0. The van der Waals surface area contributed by atoms with Crippen LogP contribution < -0.4 is 15.1 Å². The Morgan fingerprint density at radius 2 is 1.73 bits per heavy atom. The van der Waals surface area contributed by atoms with Crippen molar-refractivity contribution in [3.05, 3.63) is 94.0 Å². The molecule has 0 aliphatic carbocycles. The first-order valence-electron chi connectivity index (χ1n) is 9.23. The fourth-order valence-corrected chi connectivity index (χ4v) is 4.59. The van der Waals surface area contributed by atoms with Crippen molar-refractivity contribution in [1.29, 1.82) is 0 Å². The number of carboxylic acid groups (broad SMARTS) is 1. The van der Waals surface area contributed by atoms with Gasteiger partial charge < -0.3 is 15.2 Å². The normalized spacial score (nSPS) is 12.3. The van der Waals surface area contributed by atoms with E-state index in [1.807, 2.05) is 37.3 Å². The zero-order valence-corrected chi connectivity index (χ0v) is 18.6. The minimum absolute atomic E-state index is 0.150. The molecular weight excluding hydrogens is 468 g/mol. The number of carbonyl (C=O) groups excluding carboxylic acids is 1. The van der Waals surface area contributed by atoms with Crippen LogP contribution in [0.1, 0.15) is 22.7 Å². The van der Waals surface area contributed by atoms with Gasteiger partial charge in [-0.2, -0.15) is 0 Å². The molecule has 0 radical (unpaired) electrons. The molecule has 1 atom stereocenters. The molecule has 0 aliphatic rings. The lowest BCUT2D eigenvalue weighted by Gasteiger charge is -2.21. The van der Waals surface area contributed by atoms with Crippen LogP contribution in [0.2, 0.25) is 0 Å². The summed E-state index contributed by atoms with van der Waals surface area (Å²) in [7, 11) is -3.82. The van der Waals surface area contributed by atoms with Gasteiger partial charge in [0, 0.05) is 15.6 Å². The van der Waals surface area contributed by atoms with Crippen LogP contribution in [0, 0.1) is 6.92 Å². The van der Waals surface area contributed by atoms with E-state index in [1.165, 1.54) is 0 Å². The molecule has 3 N–H and O–H groups in total. The average Bonchev–Trinajstić information content (AvgIpc) is 2.71. The van der Waals surface area contributed by atoms with Gasteiger partial charge in [0.25, 0.3) is 10.0 Å². The van der Waals surface area contributed by atoms with Crippen molar-refractivity contribution in [2.24, 2.45) is 0 Å². The summed E-state index contributed by atoms with van der Waals surface area (Å²) in [6, 6.07) is 20.6. The second kappa shape index (κ2) is 9.42. The second-order valence-corrected chi connectivity index (χ2v) is 9.45. The number of sulfonamides is 1. The Hall–Kier alpha value is -2.68. The predicted octanol–water partition coefficient (Wildman–Crippen LogP) is 1.96. The number of aliphatic carboxylic acids is 1. The zero-order valence-electron chi connectivity index (χ0n) is 16.2. The Kier molecular flexibility index (Phi) is 6.91. The molecule has 0 aliphatic heterocycles. The molecule has 30 heavy (non-hydrogen) atoms. The highest BCUT2D eigenvalue weighted by molar-refractivity contribution is 9.10. The Morgan fingerprint density at radius 3 is 2.37 bits per heavy atom. The Bertz CT molecular complexity index is 1130. The van der Waals surface area contributed by atoms with Crippen LogP contribution in [0.15, 0.2) is 82.2 Å². The maximum absolute atomic E-state index is 12.9. The summed E-state index contributed by atoms with van der Waals surface area (Å²) in [5, 5.41) is 12.7. The van der Waals surface area contributed by atoms with Gasteiger partial charge in [-0.3, -0.25) is 4.72 Å². The summed E-state index contributed by atoms with van der Waals surface area (Å²) < 4.78 is 29.3. The third-order valence-corrected chi connectivity index (χ3v) is 6.48. The largest absolute Gasteiger partial charge is 0.544 e.